The summed E-state index contributed by atoms with van der Waals surface area (Å²) in [5, 5.41) is 26.9. The molecular formula is C63H86ClN9O18S. The van der Waals surface area contributed by atoms with Gasteiger partial charge in [0.1, 0.15) is 47.6 Å². The van der Waals surface area contributed by atoms with E-state index in [0.717, 1.165) is 16.0 Å². The minimum absolute atomic E-state index is 0.00595. The number of ether oxygens (including phenoxy) is 6. The molecule has 27 nitrogen and oxygen atoms in total. The zero-order valence-corrected chi connectivity index (χ0v) is 55.2. The van der Waals surface area contributed by atoms with Crippen molar-refractivity contribution in [1.82, 2.24) is 31.2 Å². The third-order valence-electron chi connectivity index (χ3n) is 16.5. The second-order valence-corrected chi connectivity index (χ2v) is 24.7. The molecule has 8 N–H and O–H groups in total. The first-order chi connectivity index (χ1) is 43.5. The summed E-state index contributed by atoms with van der Waals surface area (Å²) in [5.74, 6) is -7.07. The van der Waals surface area contributed by atoms with E-state index in [1.165, 1.54) is 38.1 Å². The molecule has 2 aromatic carbocycles. The second kappa shape index (κ2) is 33.3. The number of carbonyl (C=O) groups excluding carboxylic acids is 10. The Morgan fingerprint density at radius 3 is 2.29 bits per heavy atom. The van der Waals surface area contributed by atoms with Gasteiger partial charge in [0.15, 0.2) is 5.11 Å². The van der Waals surface area contributed by atoms with Crippen LogP contribution in [0.3, 0.4) is 0 Å². The van der Waals surface area contributed by atoms with E-state index in [-0.39, 0.29) is 107 Å². The Labute approximate surface area is 545 Å². The number of carbonyl (C=O) groups is 10. The number of nitrogens with two attached hydrogens (primary N) is 1. The summed E-state index contributed by atoms with van der Waals surface area (Å²) in [6.07, 6.45) is 1.09. The van der Waals surface area contributed by atoms with Gasteiger partial charge in [-0.25, -0.2) is 14.4 Å². The number of hydroxylamine groups is 2. The van der Waals surface area contributed by atoms with E-state index in [9.17, 15) is 53.1 Å². The monoisotopic (exact) mass is 1320 g/mol. The number of primary amides is 1. The van der Waals surface area contributed by atoms with Crippen LogP contribution in [0.4, 0.5) is 16.2 Å². The molecule has 0 aliphatic carbocycles. The first-order valence-corrected chi connectivity index (χ1v) is 31.3. The zero-order chi connectivity index (χ0) is 67.8. The van der Waals surface area contributed by atoms with Crippen LogP contribution in [0.15, 0.2) is 60.2 Å². The van der Waals surface area contributed by atoms with Gasteiger partial charge in [-0.3, -0.25) is 33.6 Å². The lowest BCUT2D eigenvalue weighted by Crippen LogP contribution is -2.56. The third kappa shape index (κ3) is 19.7. The summed E-state index contributed by atoms with van der Waals surface area (Å²) in [6.45, 7) is 12.8. The number of methoxy groups -OCH3 is 1. The van der Waals surface area contributed by atoms with Crippen molar-refractivity contribution in [3.05, 3.63) is 81.9 Å². The van der Waals surface area contributed by atoms with Crippen molar-refractivity contribution in [3.8, 4) is 0 Å². The standard InChI is InChI=1S/C63H86ClN9O18S/c1-35(2)54(70-61(92)67-24-26-87-28-27-86-25-22-51(77)91-73-48(74)20-21-49(73)75)57(80)69-43(18-14-23-66-60(65)83)56(79)68-42-17-12-11-16-41(42)58(81)71(8)39(6)59(82)89-47-32-50(76)72(9)44-31-40(30-37(4)53(44)64)29-36(3)15-13-19-46(85-10)63(84)33-45(88-52(78)34-63)38(5)55-62(47,7)90-55/h11-13,15-17,19,30-31,35,38-39,43,45-47,54-55,84H,14,18,20-29,32-34H2,1-10H3,(H,68,79)(H,69,80)(H3,65,66,83)(H2,67,70,92)/b19-13+,36-15+/t38-,39+,43+,45+,46-,47+,54+,55+,62+,63-/m1/s1. The van der Waals surface area contributed by atoms with Crippen molar-refractivity contribution in [3.63, 3.8) is 0 Å². The normalized spacial score (nSPS) is 24.4. The van der Waals surface area contributed by atoms with E-state index < -0.39 is 125 Å². The average molecular weight is 1320 g/mol. The number of anilines is 2. The first kappa shape index (κ1) is 73.5. The van der Waals surface area contributed by atoms with E-state index >= 15 is 0 Å². The summed E-state index contributed by atoms with van der Waals surface area (Å²) in [4.78, 5) is 140. The van der Waals surface area contributed by atoms with Gasteiger partial charge < -0.3 is 80.5 Å². The number of para-hydroxylation sites is 1. The molecule has 0 unspecified atom stereocenters. The quantitative estimate of drug-likeness (QED) is 0.0244. The number of amides is 8. The van der Waals surface area contributed by atoms with Crippen LogP contribution >= 0.6 is 23.8 Å². The number of epoxide rings is 1. The Kier molecular flexibility index (Phi) is 26.6. The second-order valence-electron chi connectivity index (χ2n) is 23.9. The maximum absolute atomic E-state index is 14.6. The van der Waals surface area contributed by atoms with E-state index in [4.69, 9.17) is 62.8 Å². The van der Waals surface area contributed by atoms with Crippen LogP contribution in [0, 0.1) is 18.8 Å². The fraction of sp³-hybridized carbons (Fsp3) is 0.571. The number of likely N-dealkylation sites (N-methyl/N-ethyl adjacent to an activating group) is 1. The van der Waals surface area contributed by atoms with E-state index in [1.807, 2.05) is 32.1 Å². The predicted molar refractivity (Wildman–Crippen MR) is 339 cm³/mol. The van der Waals surface area contributed by atoms with Gasteiger partial charge in [-0.05, 0) is 94.4 Å². The number of urea groups is 1. The highest BCUT2D eigenvalue weighted by atomic mass is 35.5. The molecule has 3 saturated heterocycles. The third-order valence-corrected chi connectivity index (χ3v) is 17.3. The van der Waals surface area contributed by atoms with Gasteiger partial charge in [0, 0.05) is 59.5 Å². The summed E-state index contributed by atoms with van der Waals surface area (Å²) in [5.41, 5.74) is 5.14. The first-order valence-electron chi connectivity index (χ1n) is 30.5. The number of esters is 2. The van der Waals surface area contributed by atoms with Crippen molar-refractivity contribution in [2.45, 2.75) is 160 Å². The van der Waals surface area contributed by atoms with Gasteiger partial charge in [0.25, 0.3) is 17.7 Å². The van der Waals surface area contributed by atoms with Gasteiger partial charge in [0.2, 0.25) is 17.7 Å². The molecule has 4 heterocycles. The molecule has 6 rings (SSSR count). The number of aryl methyl sites for hydroxylation is 1. The van der Waals surface area contributed by atoms with E-state index in [0.29, 0.717) is 27.8 Å². The highest BCUT2D eigenvalue weighted by Crippen LogP contribution is 2.50. The van der Waals surface area contributed by atoms with Crippen molar-refractivity contribution < 1.29 is 86.3 Å². The van der Waals surface area contributed by atoms with Crippen LogP contribution in [-0.4, -0.2) is 194 Å². The van der Waals surface area contributed by atoms with E-state index in [2.05, 4.69) is 26.6 Å². The molecule has 0 radical (unpaired) electrons. The highest BCUT2D eigenvalue weighted by Gasteiger charge is 2.64. The van der Waals surface area contributed by atoms with Gasteiger partial charge in [-0.15, -0.1) is 5.06 Å². The zero-order valence-electron chi connectivity index (χ0n) is 53.6. The summed E-state index contributed by atoms with van der Waals surface area (Å²) in [7, 11) is 4.37. The van der Waals surface area contributed by atoms with Gasteiger partial charge in [-0.2, -0.15) is 0 Å². The molecule has 2 aromatic rings. The number of nitrogens with one attached hydrogen (secondary N) is 5. The van der Waals surface area contributed by atoms with Crippen molar-refractivity contribution in [2.24, 2.45) is 17.6 Å². The molecule has 0 spiro atoms. The van der Waals surface area contributed by atoms with Crippen LogP contribution in [0.25, 0.3) is 0 Å². The van der Waals surface area contributed by atoms with E-state index in [1.54, 1.807) is 59.0 Å². The van der Waals surface area contributed by atoms with Crippen LogP contribution in [0.2, 0.25) is 5.02 Å². The Balaban J connectivity index is 1.12. The minimum Gasteiger partial charge on any atom is -0.462 e. The maximum Gasteiger partial charge on any atom is 0.335 e. The molecule has 4 bridgehead atoms. The smallest absolute Gasteiger partial charge is 0.335 e. The molecule has 29 heteroatoms. The number of thiocarbonyl (C=S) groups is 1. The fourth-order valence-corrected chi connectivity index (χ4v) is 11.4. The molecule has 504 valence electrons. The summed E-state index contributed by atoms with van der Waals surface area (Å²) < 4.78 is 35.2. The van der Waals surface area contributed by atoms with Crippen molar-refractivity contribution in [2.75, 3.05) is 70.9 Å². The van der Waals surface area contributed by atoms with Crippen molar-refractivity contribution in [1.29, 1.82) is 0 Å². The highest BCUT2D eigenvalue weighted by molar-refractivity contribution is 7.80. The Bertz CT molecular complexity index is 3130. The SMILES string of the molecule is CO[C@@H]1/C=C/C=C(\C)Cc2cc(C)c(Cl)c(c2)N(C)C(=O)C[C@H](OC(=O)[C@H](C)N(C)C(=O)c2ccccc2NC(=O)[C@H](CCCNC(N)=O)NC(=O)[C@@H](NC(=S)NCCOCCOCCC(=O)ON2C(=O)CCC2=O)C(C)C)[C@]2(C)O[C@H]2[C@H](C)[C@@H]2C[C@@]1(O)CC(=O)O2. The lowest BCUT2D eigenvalue weighted by atomic mass is 9.78. The lowest BCUT2D eigenvalue weighted by molar-refractivity contribution is -0.198. The molecule has 4 aliphatic rings. The number of allylic oxidation sites excluding steroid dienone is 3. The Hall–Kier alpha value is -7.60. The number of aliphatic hydroxyl groups is 1. The minimum atomic E-state index is -1.67. The molecule has 8 amide bonds. The Morgan fingerprint density at radius 2 is 1.62 bits per heavy atom. The molecule has 0 aromatic heterocycles. The number of rotatable bonds is 25. The number of hydrogen-bond donors (Lipinski definition) is 7. The number of hydrogen-bond acceptors (Lipinski definition) is 19. The molecule has 92 heavy (non-hydrogen) atoms. The predicted octanol–water partition coefficient (Wildman–Crippen LogP) is 3.77. The summed E-state index contributed by atoms with van der Waals surface area (Å²) in [6, 6.07) is 5.42. The van der Waals surface area contributed by atoms with Gasteiger partial charge in [-0.1, -0.05) is 74.4 Å². The molecular weight excluding hydrogens is 1240 g/mol. The molecule has 0 saturated carbocycles. The number of benzene rings is 2. The van der Waals surface area contributed by atoms with Crippen LogP contribution in [-0.2, 0) is 78.0 Å². The fourth-order valence-electron chi connectivity index (χ4n) is 11.0. The molecule has 3 fully saturated rings. The average Bonchev–Trinajstić information content (AvgIpc) is 1.57. The largest absolute Gasteiger partial charge is 0.462 e. The van der Waals surface area contributed by atoms with Crippen LogP contribution in [0.1, 0.15) is 114 Å². The number of halogens is 1. The molecule has 10 atom stereocenters. The molecule has 4 aliphatic heterocycles. The number of imide groups is 1. The number of fused-ring (bicyclic) bond motifs is 5. The van der Waals surface area contributed by atoms with Gasteiger partial charge in [0.05, 0.1) is 73.8 Å². The van der Waals surface area contributed by atoms with Crippen molar-refractivity contribution >= 4 is 99.7 Å². The van der Waals surface area contributed by atoms with Crippen LogP contribution in [0.5, 0.6) is 0 Å². The number of nitrogens with zero attached hydrogens (tertiary/aromatic N) is 3. The maximum atomic E-state index is 14.6. The topological polar surface area (TPSA) is 355 Å². The Morgan fingerprint density at radius 1 is 0.935 bits per heavy atom. The van der Waals surface area contributed by atoms with Gasteiger partial charge >= 0.3 is 23.9 Å². The van der Waals surface area contributed by atoms with Crippen LogP contribution < -0.4 is 37.2 Å². The summed E-state index contributed by atoms with van der Waals surface area (Å²) >= 11 is 12.4. The lowest BCUT2D eigenvalue weighted by Gasteiger charge is -2.41.